The van der Waals surface area contributed by atoms with Crippen molar-refractivity contribution in [3.8, 4) is 0 Å². The van der Waals surface area contributed by atoms with Gasteiger partial charge in [-0.15, -0.1) is 0 Å². The smallest absolute Gasteiger partial charge is 0.408 e. The molecule has 0 aromatic heterocycles. The van der Waals surface area contributed by atoms with E-state index in [1.54, 1.807) is 25.7 Å². The number of aryl methyl sites for hydroxylation is 2. The Labute approximate surface area is 231 Å². The van der Waals surface area contributed by atoms with Crippen LogP contribution < -0.4 is 10.6 Å². The number of nitrogens with one attached hydrogen (secondary N) is 2. The molecular formula is C32H41N3O4. The molecule has 1 atom stereocenters. The van der Waals surface area contributed by atoms with Gasteiger partial charge in [0.25, 0.3) is 5.91 Å². The fraction of sp³-hybridized carbons (Fsp3) is 0.406. The highest BCUT2D eigenvalue weighted by atomic mass is 16.6. The van der Waals surface area contributed by atoms with Gasteiger partial charge in [-0.3, -0.25) is 9.59 Å². The molecule has 3 aromatic rings. The van der Waals surface area contributed by atoms with Crippen molar-refractivity contribution in [1.82, 2.24) is 10.2 Å². The molecule has 39 heavy (non-hydrogen) atoms. The molecule has 0 spiro atoms. The molecular weight excluding hydrogens is 490 g/mol. The molecule has 0 aliphatic heterocycles. The van der Waals surface area contributed by atoms with Crippen LogP contribution in [-0.2, 0) is 14.3 Å². The van der Waals surface area contributed by atoms with Gasteiger partial charge in [0, 0.05) is 11.2 Å². The first-order chi connectivity index (χ1) is 18.2. The highest BCUT2D eigenvalue weighted by Gasteiger charge is 2.40. The van der Waals surface area contributed by atoms with Gasteiger partial charge in [0.1, 0.15) is 18.2 Å². The van der Waals surface area contributed by atoms with Crippen LogP contribution in [-0.4, -0.2) is 40.5 Å². The number of rotatable bonds is 8. The third kappa shape index (κ3) is 7.59. The first-order valence-corrected chi connectivity index (χ1v) is 13.4. The van der Waals surface area contributed by atoms with Crippen molar-refractivity contribution < 1.29 is 19.1 Å². The molecule has 0 bridgehead atoms. The minimum absolute atomic E-state index is 0.303. The molecule has 0 aliphatic carbocycles. The molecule has 3 aromatic carbocycles. The number of benzene rings is 3. The van der Waals surface area contributed by atoms with E-state index in [2.05, 4.69) is 10.6 Å². The minimum Gasteiger partial charge on any atom is -0.444 e. The van der Waals surface area contributed by atoms with E-state index in [9.17, 15) is 14.4 Å². The molecule has 1 unspecified atom stereocenters. The fourth-order valence-electron chi connectivity index (χ4n) is 4.38. The van der Waals surface area contributed by atoms with Crippen molar-refractivity contribution in [3.05, 3.63) is 77.4 Å². The van der Waals surface area contributed by atoms with E-state index in [0.717, 1.165) is 21.9 Å². The van der Waals surface area contributed by atoms with Crippen LogP contribution in [0.3, 0.4) is 0 Å². The summed E-state index contributed by atoms with van der Waals surface area (Å²) in [5.41, 5.74) is 2.05. The zero-order valence-corrected chi connectivity index (χ0v) is 24.3. The molecule has 0 radical (unpaired) electrons. The van der Waals surface area contributed by atoms with Crippen molar-refractivity contribution in [2.45, 2.75) is 79.0 Å². The number of nitrogens with zero attached hydrogens (tertiary/aromatic N) is 1. The van der Waals surface area contributed by atoms with Crippen molar-refractivity contribution in [1.29, 1.82) is 0 Å². The van der Waals surface area contributed by atoms with Gasteiger partial charge < -0.3 is 20.3 Å². The van der Waals surface area contributed by atoms with Gasteiger partial charge in [0.05, 0.1) is 0 Å². The van der Waals surface area contributed by atoms with Crippen LogP contribution in [0.5, 0.6) is 0 Å². The first kappa shape index (κ1) is 29.7. The number of fused-ring (bicyclic) bond motifs is 1. The number of ether oxygens (including phenoxy) is 1. The second kappa shape index (κ2) is 11.9. The van der Waals surface area contributed by atoms with Gasteiger partial charge in [0.2, 0.25) is 5.91 Å². The fourth-order valence-corrected chi connectivity index (χ4v) is 4.38. The monoisotopic (exact) mass is 531 g/mol. The van der Waals surface area contributed by atoms with Crippen molar-refractivity contribution >= 4 is 34.4 Å². The van der Waals surface area contributed by atoms with Gasteiger partial charge in [-0.1, -0.05) is 55.5 Å². The largest absolute Gasteiger partial charge is 0.444 e. The highest BCUT2D eigenvalue weighted by Crippen LogP contribution is 2.33. The number of hydrogen-bond acceptors (Lipinski definition) is 4. The standard InChI is InChI=1S/C32H41N3O4/c1-9-32(7,8)35(27(36)20-33-30(38)39-31(4,5)6)28(25-15-14-21(2)22(3)18-25)29(37)34-26-17-16-23-12-10-11-13-24(23)19-26/h10-19,28H,9,20H2,1-8H3,(H,33,38)(H,34,37). The molecule has 3 rings (SSSR count). The van der Waals surface area contributed by atoms with Crippen LogP contribution >= 0.6 is 0 Å². The lowest BCUT2D eigenvalue weighted by atomic mass is 9.91. The van der Waals surface area contributed by atoms with Crippen LogP contribution in [0.15, 0.2) is 60.7 Å². The van der Waals surface area contributed by atoms with E-state index < -0.39 is 23.3 Å². The molecule has 3 amide bonds. The van der Waals surface area contributed by atoms with E-state index in [4.69, 9.17) is 4.74 Å². The first-order valence-electron chi connectivity index (χ1n) is 13.4. The summed E-state index contributed by atoms with van der Waals surface area (Å²) in [5.74, 6) is -0.717. The molecule has 0 heterocycles. The van der Waals surface area contributed by atoms with Crippen LogP contribution in [0.25, 0.3) is 10.8 Å². The van der Waals surface area contributed by atoms with E-state index >= 15 is 0 Å². The number of carbonyl (C=O) groups is 3. The van der Waals surface area contributed by atoms with E-state index in [1.165, 1.54) is 0 Å². The van der Waals surface area contributed by atoms with Crippen LogP contribution in [0, 0.1) is 13.8 Å². The number of anilines is 1. The predicted octanol–water partition coefficient (Wildman–Crippen LogP) is 6.68. The number of carbonyl (C=O) groups excluding carboxylic acids is 3. The highest BCUT2D eigenvalue weighted by molar-refractivity contribution is 6.00. The zero-order valence-electron chi connectivity index (χ0n) is 24.3. The summed E-state index contributed by atoms with van der Waals surface area (Å²) in [7, 11) is 0. The summed E-state index contributed by atoms with van der Waals surface area (Å²) in [4.78, 5) is 41.8. The maximum atomic E-state index is 14.1. The molecule has 0 saturated carbocycles. The summed E-state index contributed by atoms with van der Waals surface area (Å²) < 4.78 is 5.32. The average Bonchev–Trinajstić information content (AvgIpc) is 2.86. The van der Waals surface area contributed by atoms with Crippen LogP contribution in [0.1, 0.15) is 70.7 Å². The van der Waals surface area contributed by atoms with Gasteiger partial charge in [-0.2, -0.15) is 0 Å². The van der Waals surface area contributed by atoms with Crippen LogP contribution in [0.4, 0.5) is 10.5 Å². The Morgan fingerprint density at radius 2 is 1.54 bits per heavy atom. The van der Waals surface area contributed by atoms with Gasteiger partial charge >= 0.3 is 6.09 Å². The second-order valence-electron chi connectivity index (χ2n) is 11.6. The lowest BCUT2D eigenvalue weighted by Gasteiger charge is -2.43. The maximum absolute atomic E-state index is 14.1. The van der Waals surface area contributed by atoms with Gasteiger partial charge in [-0.25, -0.2) is 4.79 Å². The molecule has 7 heteroatoms. The quantitative estimate of drug-likeness (QED) is 0.339. The lowest BCUT2D eigenvalue weighted by Crippen LogP contribution is -2.55. The third-order valence-corrected chi connectivity index (χ3v) is 6.94. The molecule has 7 nitrogen and oxygen atoms in total. The Hall–Kier alpha value is -3.87. The summed E-state index contributed by atoms with van der Waals surface area (Å²) in [6.07, 6.45) is -0.0936. The average molecular weight is 532 g/mol. The lowest BCUT2D eigenvalue weighted by molar-refractivity contribution is -0.145. The molecule has 0 aliphatic rings. The molecule has 2 N–H and O–H groups in total. The molecule has 208 valence electrons. The second-order valence-corrected chi connectivity index (χ2v) is 11.6. The van der Waals surface area contributed by atoms with Crippen molar-refractivity contribution in [2.24, 2.45) is 0 Å². The van der Waals surface area contributed by atoms with Crippen molar-refractivity contribution in [2.75, 3.05) is 11.9 Å². The minimum atomic E-state index is -0.932. The summed E-state index contributed by atoms with van der Waals surface area (Å²) in [6.45, 7) is 14.8. The topological polar surface area (TPSA) is 87.7 Å². The van der Waals surface area contributed by atoms with E-state index in [-0.39, 0.29) is 18.4 Å². The number of alkyl carbamates (subject to hydrolysis) is 1. The Bertz CT molecular complexity index is 1360. The van der Waals surface area contributed by atoms with E-state index in [1.807, 2.05) is 95.3 Å². The van der Waals surface area contributed by atoms with Gasteiger partial charge in [-0.05, 0) is 94.5 Å². The molecule has 0 fully saturated rings. The third-order valence-electron chi connectivity index (χ3n) is 6.94. The van der Waals surface area contributed by atoms with Gasteiger partial charge in [0.15, 0.2) is 0 Å². The molecule has 0 saturated heterocycles. The maximum Gasteiger partial charge on any atom is 0.408 e. The SMILES string of the molecule is CCC(C)(C)N(C(=O)CNC(=O)OC(C)(C)C)C(C(=O)Nc1ccc2ccccc2c1)c1ccc(C)c(C)c1. The Morgan fingerprint density at radius 1 is 0.872 bits per heavy atom. The Morgan fingerprint density at radius 3 is 2.15 bits per heavy atom. The normalized spacial score (nSPS) is 12.5. The summed E-state index contributed by atoms with van der Waals surface area (Å²) >= 11 is 0. The Kier molecular flexibility index (Phi) is 9.05. The summed E-state index contributed by atoms with van der Waals surface area (Å²) in [6, 6.07) is 18.5. The number of amides is 3. The van der Waals surface area contributed by atoms with E-state index in [0.29, 0.717) is 17.7 Å². The summed E-state index contributed by atoms with van der Waals surface area (Å²) in [5, 5.41) is 7.69. The van der Waals surface area contributed by atoms with Crippen LogP contribution in [0.2, 0.25) is 0 Å². The predicted molar refractivity (Wildman–Crippen MR) is 157 cm³/mol. The number of hydrogen-bond donors (Lipinski definition) is 2. The zero-order chi connectivity index (χ0) is 29.0. The Balaban J connectivity index is 2.01. The van der Waals surface area contributed by atoms with Crippen molar-refractivity contribution in [3.63, 3.8) is 0 Å².